The fourth-order valence-electron chi connectivity index (χ4n) is 4.13. The van der Waals surface area contributed by atoms with Crippen molar-refractivity contribution in [3.63, 3.8) is 0 Å². The summed E-state index contributed by atoms with van der Waals surface area (Å²) in [6.07, 6.45) is 2.21. The second-order valence-electron chi connectivity index (χ2n) is 10.3. The Hall–Kier alpha value is -2.49. The van der Waals surface area contributed by atoms with Crippen molar-refractivity contribution in [3.8, 4) is 17.2 Å². The molecule has 0 unspecified atom stereocenters. The maximum atomic E-state index is 13.1. The van der Waals surface area contributed by atoms with Crippen molar-refractivity contribution < 1.29 is 27.7 Å². The van der Waals surface area contributed by atoms with Crippen LogP contribution in [-0.2, 0) is 11.2 Å². The van der Waals surface area contributed by atoms with E-state index in [1.807, 2.05) is 39.0 Å². The van der Waals surface area contributed by atoms with Crippen molar-refractivity contribution >= 4 is 24.0 Å². The van der Waals surface area contributed by atoms with Crippen LogP contribution < -0.4 is 10.2 Å². The molecule has 1 N–H and O–H groups in total. The van der Waals surface area contributed by atoms with Crippen LogP contribution in [0, 0.1) is 6.92 Å². The third kappa shape index (κ3) is 5.68. The third-order valence-electron chi connectivity index (χ3n) is 7.12. The number of alkyl halides is 2. The minimum absolute atomic E-state index is 0.120. The van der Waals surface area contributed by atoms with Gasteiger partial charge in [0.15, 0.2) is 5.58 Å². The molecule has 2 aromatic carbocycles. The first-order valence-electron chi connectivity index (χ1n) is 12.0. The zero-order chi connectivity index (χ0) is 25.4. The molecule has 0 radical (unpaired) electrons. The molecular formula is C26H33BF2N2O4. The average Bonchev–Trinajstić information content (AvgIpc) is 3.41. The third-order valence-corrected chi connectivity index (χ3v) is 7.12. The molecule has 2 heterocycles. The molecule has 1 aliphatic heterocycles. The molecule has 0 amide bonds. The van der Waals surface area contributed by atoms with Gasteiger partial charge in [-0.15, -0.1) is 0 Å². The van der Waals surface area contributed by atoms with Crippen LogP contribution in [-0.4, -0.2) is 53.4 Å². The lowest BCUT2D eigenvalue weighted by atomic mass is 9.79. The summed E-state index contributed by atoms with van der Waals surface area (Å²) in [6, 6.07) is 9.07. The normalized spacial score (nSPS) is 15.3. The van der Waals surface area contributed by atoms with Crippen LogP contribution in [0.4, 0.5) is 8.78 Å². The zero-order valence-electron chi connectivity index (χ0n) is 21.0. The maximum Gasteiger partial charge on any atom is 0.387 e. The molecule has 3 aromatic rings. The topological polar surface area (TPSA) is 68.0 Å². The highest BCUT2D eigenvalue weighted by Crippen LogP contribution is 2.33. The van der Waals surface area contributed by atoms with Crippen LogP contribution in [0.15, 0.2) is 34.7 Å². The van der Waals surface area contributed by atoms with Gasteiger partial charge in [0, 0.05) is 23.7 Å². The molecule has 0 bridgehead atoms. The smallest absolute Gasteiger partial charge is 0.387 e. The fourth-order valence-corrected chi connectivity index (χ4v) is 4.13. The molecule has 35 heavy (non-hydrogen) atoms. The minimum Gasteiger partial charge on any atom is -0.436 e. The van der Waals surface area contributed by atoms with Gasteiger partial charge in [-0.1, -0.05) is 12.1 Å². The Morgan fingerprint density at radius 3 is 2.54 bits per heavy atom. The predicted octanol–water partition coefficient (Wildman–Crippen LogP) is 4.54. The number of hydrogen-bond acceptors (Lipinski definition) is 6. The van der Waals surface area contributed by atoms with E-state index in [2.05, 4.69) is 9.88 Å². The summed E-state index contributed by atoms with van der Waals surface area (Å²) in [4.78, 5) is 6.90. The Bertz CT molecular complexity index is 1180. The van der Waals surface area contributed by atoms with Crippen LogP contribution in [0.5, 0.6) is 5.75 Å². The summed E-state index contributed by atoms with van der Waals surface area (Å²) < 4.78 is 43.1. The number of nitrogens with zero attached hydrogens (tertiary/aromatic N) is 2. The van der Waals surface area contributed by atoms with Crippen molar-refractivity contribution in [2.24, 2.45) is 0 Å². The number of benzene rings is 2. The van der Waals surface area contributed by atoms with Gasteiger partial charge in [0.25, 0.3) is 0 Å². The first-order chi connectivity index (χ1) is 16.4. The van der Waals surface area contributed by atoms with E-state index < -0.39 is 17.8 Å². The lowest BCUT2D eigenvalue weighted by molar-refractivity contribution is -0.0893. The maximum absolute atomic E-state index is 13.1. The Morgan fingerprint density at radius 1 is 1.17 bits per heavy atom. The molecule has 6 nitrogen and oxygen atoms in total. The molecule has 0 aliphatic carbocycles. The number of oxazole rings is 1. The molecule has 1 saturated heterocycles. The highest BCUT2D eigenvalue weighted by atomic mass is 19.3. The Labute approximate surface area is 205 Å². The standard InChI is InChI=1S/C26H33BF2N2O4/c1-16-18(9-8-10-19(16)27-35-26(4,5)25(2,3)32)23-30-20-13-17(15-31-11-6-7-12-31)21(34-24(28)29)14-22(20)33-23/h8-10,13-14,24,27,32H,6-7,11-12,15H2,1-5H3. The van der Waals surface area contributed by atoms with E-state index in [0.29, 0.717) is 36.6 Å². The molecule has 0 spiro atoms. The van der Waals surface area contributed by atoms with Gasteiger partial charge < -0.3 is 18.9 Å². The summed E-state index contributed by atoms with van der Waals surface area (Å²) in [6.45, 7) is 8.60. The summed E-state index contributed by atoms with van der Waals surface area (Å²) >= 11 is 0. The first kappa shape index (κ1) is 25.6. The molecule has 0 saturated carbocycles. The number of halogens is 2. The number of hydrogen-bond donors (Lipinski definition) is 1. The lowest BCUT2D eigenvalue weighted by Gasteiger charge is -2.37. The van der Waals surface area contributed by atoms with Crippen LogP contribution in [0.2, 0.25) is 0 Å². The SMILES string of the molecule is Cc1c(BOC(C)(C)C(C)(C)O)cccc1-c1nc2cc(CN3CCCC3)c(OC(F)F)cc2o1. The van der Waals surface area contributed by atoms with E-state index in [-0.39, 0.29) is 5.75 Å². The summed E-state index contributed by atoms with van der Waals surface area (Å²) in [5.74, 6) is 0.525. The highest BCUT2D eigenvalue weighted by molar-refractivity contribution is 6.48. The lowest BCUT2D eigenvalue weighted by Crippen LogP contribution is -2.49. The van der Waals surface area contributed by atoms with E-state index in [0.717, 1.165) is 42.5 Å². The van der Waals surface area contributed by atoms with Crippen molar-refractivity contribution in [2.45, 2.75) is 71.8 Å². The van der Waals surface area contributed by atoms with E-state index in [1.165, 1.54) is 6.07 Å². The quantitative estimate of drug-likeness (QED) is 0.448. The second-order valence-corrected chi connectivity index (χ2v) is 10.3. The number of likely N-dealkylation sites (tertiary alicyclic amines) is 1. The molecule has 188 valence electrons. The molecule has 1 aromatic heterocycles. The van der Waals surface area contributed by atoms with Crippen molar-refractivity contribution in [3.05, 3.63) is 41.5 Å². The van der Waals surface area contributed by atoms with Gasteiger partial charge in [-0.05, 0) is 83.7 Å². The van der Waals surface area contributed by atoms with Gasteiger partial charge >= 0.3 is 14.1 Å². The first-order valence-corrected chi connectivity index (χ1v) is 12.0. The molecular weight excluding hydrogens is 453 g/mol. The van der Waals surface area contributed by atoms with E-state index in [1.54, 1.807) is 19.9 Å². The van der Waals surface area contributed by atoms with Crippen LogP contribution in [0.3, 0.4) is 0 Å². The van der Waals surface area contributed by atoms with Gasteiger partial charge in [0.1, 0.15) is 11.3 Å². The number of rotatable bonds is 9. The largest absolute Gasteiger partial charge is 0.436 e. The fraction of sp³-hybridized carbons (Fsp3) is 0.500. The van der Waals surface area contributed by atoms with Crippen LogP contribution in [0.1, 0.15) is 51.7 Å². The predicted molar refractivity (Wildman–Crippen MR) is 134 cm³/mol. The van der Waals surface area contributed by atoms with Crippen LogP contribution >= 0.6 is 0 Å². The monoisotopic (exact) mass is 486 g/mol. The Morgan fingerprint density at radius 2 is 1.89 bits per heavy atom. The van der Waals surface area contributed by atoms with Crippen molar-refractivity contribution in [2.75, 3.05) is 13.1 Å². The molecule has 0 atom stereocenters. The Kier molecular flexibility index (Phi) is 7.22. The zero-order valence-corrected chi connectivity index (χ0v) is 21.0. The van der Waals surface area contributed by atoms with Crippen LogP contribution in [0.25, 0.3) is 22.6 Å². The summed E-state index contributed by atoms with van der Waals surface area (Å²) in [7, 11) is 0.309. The number of aromatic nitrogens is 1. The van der Waals surface area contributed by atoms with Crippen molar-refractivity contribution in [1.29, 1.82) is 0 Å². The number of ether oxygens (including phenoxy) is 1. The highest BCUT2D eigenvalue weighted by Gasteiger charge is 2.35. The minimum atomic E-state index is -2.92. The summed E-state index contributed by atoms with van der Waals surface area (Å²) in [5, 5.41) is 10.4. The number of aliphatic hydroxyl groups is 1. The van der Waals surface area contributed by atoms with E-state index >= 15 is 0 Å². The van der Waals surface area contributed by atoms with Gasteiger partial charge in [-0.25, -0.2) is 4.98 Å². The van der Waals surface area contributed by atoms with Gasteiger partial charge in [0.2, 0.25) is 5.89 Å². The van der Waals surface area contributed by atoms with Gasteiger partial charge in [0.05, 0.1) is 11.2 Å². The van der Waals surface area contributed by atoms with E-state index in [4.69, 9.17) is 13.8 Å². The number of fused-ring (bicyclic) bond motifs is 1. The Balaban J connectivity index is 1.65. The average molecular weight is 486 g/mol. The summed E-state index contributed by atoms with van der Waals surface area (Å²) in [5.41, 5.74) is 2.58. The van der Waals surface area contributed by atoms with Gasteiger partial charge in [-0.3, -0.25) is 4.90 Å². The molecule has 1 aliphatic rings. The molecule has 4 rings (SSSR count). The van der Waals surface area contributed by atoms with E-state index in [9.17, 15) is 13.9 Å². The molecule has 1 fully saturated rings. The molecule has 9 heteroatoms. The second kappa shape index (κ2) is 9.87. The van der Waals surface area contributed by atoms with Crippen molar-refractivity contribution in [1.82, 2.24) is 9.88 Å². The van der Waals surface area contributed by atoms with Gasteiger partial charge in [-0.2, -0.15) is 8.78 Å².